The maximum atomic E-state index is 12.5. The normalized spacial score (nSPS) is 20.6. The smallest absolute Gasteiger partial charge is 0.227 e. The number of anilines is 1. The van der Waals surface area contributed by atoms with Crippen LogP contribution < -0.4 is 10.6 Å². The molecule has 0 bridgehead atoms. The predicted molar refractivity (Wildman–Crippen MR) is 108 cm³/mol. The minimum absolute atomic E-state index is 0.0690. The highest BCUT2D eigenvalue weighted by Gasteiger charge is 2.20. The third kappa shape index (κ3) is 6.04. The van der Waals surface area contributed by atoms with E-state index in [4.69, 9.17) is 0 Å². The van der Waals surface area contributed by atoms with Crippen LogP contribution in [0.25, 0.3) is 0 Å². The van der Waals surface area contributed by atoms with Crippen LogP contribution in [0.3, 0.4) is 0 Å². The topological polar surface area (TPSA) is 64.7 Å². The van der Waals surface area contributed by atoms with E-state index in [-0.39, 0.29) is 11.8 Å². The van der Waals surface area contributed by atoms with Crippen LogP contribution >= 0.6 is 0 Å². The average molecular weight is 373 g/mol. The molecular weight excluding hydrogens is 340 g/mol. The molecule has 2 N–H and O–H groups in total. The Kier molecular flexibility index (Phi) is 7.24. The lowest BCUT2D eigenvalue weighted by atomic mass is 10.0. The van der Waals surface area contributed by atoms with Crippen LogP contribution in [0.5, 0.6) is 0 Å². The highest BCUT2D eigenvalue weighted by Crippen LogP contribution is 2.16. The van der Waals surface area contributed by atoms with Crippen molar-refractivity contribution in [2.75, 3.05) is 51.1 Å². The first-order valence-corrected chi connectivity index (χ1v) is 10.2. The summed E-state index contributed by atoms with van der Waals surface area (Å²) in [6.07, 6.45) is 3.10. The maximum absolute atomic E-state index is 12.5. The van der Waals surface area contributed by atoms with E-state index in [9.17, 15) is 9.59 Å². The molecule has 2 amide bonds. The number of nitrogens with zero attached hydrogens (tertiary/aromatic N) is 2. The number of piperazine rings is 1. The number of carbonyl (C=O) groups excluding carboxylic acids is 2. The van der Waals surface area contributed by atoms with Gasteiger partial charge >= 0.3 is 0 Å². The van der Waals surface area contributed by atoms with Crippen molar-refractivity contribution in [3.63, 3.8) is 0 Å². The van der Waals surface area contributed by atoms with Crippen molar-refractivity contribution in [3.05, 3.63) is 29.8 Å². The minimum Gasteiger partial charge on any atom is -0.340 e. The van der Waals surface area contributed by atoms with Crippen molar-refractivity contribution in [1.29, 1.82) is 0 Å². The van der Waals surface area contributed by atoms with Crippen LogP contribution in [0.2, 0.25) is 0 Å². The van der Waals surface area contributed by atoms with Crippen LogP contribution in [0.4, 0.5) is 5.69 Å². The molecule has 0 aliphatic carbocycles. The predicted octanol–water partition coefficient (Wildman–Crippen LogP) is 1.72. The number of hydrogen-bond acceptors (Lipinski definition) is 4. The molecule has 1 aromatic rings. The van der Waals surface area contributed by atoms with Crippen LogP contribution in [-0.2, 0) is 16.0 Å². The average Bonchev–Trinajstić information content (AvgIpc) is 3.21. The van der Waals surface area contributed by atoms with Gasteiger partial charge in [0.2, 0.25) is 11.8 Å². The molecule has 2 saturated heterocycles. The molecule has 27 heavy (non-hydrogen) atoms. The summed E-state index contributed by atoms with van der Waals surface area (Å²) in [6, 6.07) is 7.67. The van der Waals surface area contributed by atoms with Gasteiger partial charge in [0.15, 0.2) is 0 Å². The van der Waals surface area contributed by atoms with Crippen LogP contribution in [0.1, 0.15) is 31.7 Å². The first-order valence-electron chi connectivity index (χ1n) is 10.2. The molecule has 6 heteroatoms. The van der Waals surface area contributed by atoms with Crippen molar-refractivity contribution in [2.24, 2.45) is 5.92 Å². The standard InChI is InChI=1S/C21H32N4O2/c1-2-24-11-13-25(14-12-24)21(27)15-17-3-6-19(7-4-17)23-20(26)8-5-18-9-10-22-16-18/h3-4,6-7,18,22H,2,5,8-16H2,1H3,(H,23,26). The fraction of sp³-hybridized carbons (Fsp3) is 0.619. The van der Waals surface area contributed by atoms with Gasteiger partial charge in [0.25, 0.3) is 0 Å². The SMILES string of the molecule is CCN1CCN(C(=O)Cc2ccc(NC(=O)CCC3CCNC3)cc2)CC1. The van der Waals surface area contributed by atoms with E-state index < -0.39 is 0 Å². The van der Waals surface area contributed by atoms with E-state index in [0.29, 0.717) is 18.8 Å². The number of rotatable bonds is 7. The number of nitrogens with one attached hydrogen (secondary N) is 2. The third-order valence-corrected chi connectivity index (χ3v) is 5.71. The molecule has 1 aromatic carbocycles. The Balaban J connectivity index is 1.41. The number of hydrogen-bond donors (Lipinski definition) is 2. The summed E-state index contributed by atoms with van der Waals surface area (Å²) in [4.78, 5) is 28.9. The molecule has 2 heterocycles. The number of amides is 2. The van der Waals surface area contributed by atoms with E-state index >= 15 is 0 Å². The second kappa shape index (κ2) is 9.85. The molecule has 0 aromatic heterocycles. The van der Waals surface area contributed by atoms with Crippen molar-refractivity contribution in [2.45, 2.75) is 32.6 Å². The Morgan fingerprint density at radius 3 is 2.52 bits per heavy atom. The molecule has 0 spiro atoms. The highest BCUT2D eigenvalue weighted by molar-refractivity contribution is 5.90. The molecule has 2 aliphatic heterocycles. The second-order valence-electron chi connectivity index (χ2n) is 7.63. The molecule has 2 aliphatic rings. The molecule has 0 saturated carbocycles. The molecule has 148 valence electrons. The summed E-state index contributed by atoms with van der Waals surface area (Å²) in [5.74, 6) is 0.885. The minimum atomic E-state index is 0.0690. The van der Waals surface area contributed by atoms with Crippen LogP contribution in [0.15, 0.2) is 24.3 Å². The number of benzene rings is 1. The van der Waals surface area contributed by atoms with Crippen molar-refractivity contribution >= 4 is 17.5 Å². The lowest BCUT2D eigenvalue weighted by Gasteiger charge is -2.34. The third-order valence-electron chi connectivity index (χ3n) is 5.71. The first kappa shape index (κ1) is 19.8. The van der Waals surface area contributed by atoms with Gasteiger partial charge in [-0.15, -0.1) is 0 Å². The van der Waals surface area contributed by atoms with Gasteiger partial charge in [-0.05, 0) is 56.1 Å². The Bertz CT molecular complexity index is 618. The van der Waals surface area contributed by atoms with Gasteiger partial charge in [-0.2, -0.15) is 0 Å². The summed E-state index contributed by atoms with van der Waals surface area (Å²) in [5.41, 5.74) is 1.80. The maximum Gasteiger partial charge on any atom is 0.227 e. The number of carbonyl (C=O) groups is 2. The zero-order valence-electron chi connectivity index (χ0n) is 16.4. The van der Waals surface area contributed by atoms with E-state index in [1.54, 1.807) is 0 Å². The number of likely N-dealkylation sites (N-methyl/N-ethyl adjacent to an activating group) is 1. The zero-order valence-corrected chi connectivity index (χ0v) is 16.4. The van der Waals surface area contributed by atoms with Crippen molar-refractivity contribution < 1.29 is 9.59 Å². The molecule has 2 fully saturated rings. The molecule has 0 radical (unpaired) electrons. The van der Waals surface area contributed by atoms with Gasteiger partial charge in [-0.3, -0.25) is 9.59 Å². The Labute approximate surface area is 162 Å². The summed E-state index contributed by atoms with van der Waals surface area (Å²) >= 11 is 0. The Morgan fingerprint density at radius 1 is 1.15 bits per heavy atom. The van der Waals surface area contributed by atoms with Gasteiger partial charge in [0.05, 0.1) is 6.42 Å². The largest absolute Gasteiger partial charge is 0.340 e. The quantitative estimate of drug-likeness (QED) is 0.765. The lowest BCUT2D eigenvalue weighted by Crippen LogP contribution is -2.48. The summed E-state index contributed by atoms with van der Waals surface area (Å²) in [7, 11) is 0. The first-order chi connectivity index (χ1) is 13.1. The van der Waals surface area contributed by atoms with Crippen molar-refractivity contribution in [1.82, 2.24) is 15.1 Å². The van der Waals surface area contributed by atoms with Gasteiger partial charge in [0, 0.05) is 38.3 Å². The Hall–Kier alpha value is -1.92. The monoisotopic (exact) mass is 372 g/mol. The summed E-state index contributed by atoms with van der Waals surface area (Å²) in [5, 5.41) is 6.29. The van der Waals surface area contributed by atoms with Gasteiger partial charge in [0.1, 0.15) is 0 Å². The van der Waals surface area contributed by atoms with Gasteiger partial charge in [-0.25, -0.2) is 0 Å². The molecule has 1 unspecified atom stereocenters. The summed E-state index contributed by atoms with van der Waals surface area (Å²) < 4.78 is 0. The molecule has 1 atom stereocenters. The van der Waals surface area contributed by atoms with E-state index in [1.807, 2.05) is 29.2 Å². The van der Waals surface area contributed by atoms with E-state index in [0.717, 1.165) is 63.5 Å². The van der Waals surface area contributed by atoms with Crippen LogP contribution in [-0.4, -0.2) is 67.4 Å². The molecular formula is C21H32N4O2. The van der Waals surface area contributed by atoms with E-state index in [1.165, 1.54) is 6.42 Å². The fourth-order valence-electron chi connectivity index (χ4n) is 3.83. The highest BCUT2D eigenvalue weighted by atomic mass is 16.2. The summed E-state index contributed by atoms with van der Waals surface area (Å²) in [6.45, 7) is 8.86. The molecule has 3 rings (SSSR count). The zero-order chi connectivity index (χ0) is 19.1. The fourth-order valence-corrected chi connectivity index (χ4v) is 3.83. The van der Waals surface area contributed by atoms with Crippen LogP contribution in [0, 0.1) is 5.92 Å². The van der Waals surface area contributed by atoms with Gasteiger partial charge in [-0.1, -0.05) is 19.1 Å². The Morgan fingerprint density at radius 2 is 1.89 bits per heavy atom. The lowest BCUT2D eigenvalue weighted by molar-refractivity contribution is -0.132. The van der Waals surface area contributed by atoms with E-state index in [2.05, 4.69) is 22.5 Å². The second-order valence-corrected chi connectivity index (χ2v) is 7.63. The van der Waals surface area contributed by atoms with Gasteiger partial charge < -0.3 is 20.4 Å². The molecule has 6 nitrogen and oxygen atoms in total. The van der Waals surface area contributed by atoms with Crippen molar-refractivity contribution in [3.8, 4) is 0 Å².